The zero-order chi connectivity index (χ0) is 28.4. The molecule has 0 radical (unpaired) electrons. The Hall–Kier alpha value is -3.60. The van der Waals surface area contributed by atoms with E-state index in [1.807, 2.05) is 63.2 Å². The van der Waals surface area contributed by atoms with Crippen molar-refractivity contribution < 1.29 is 14.3 Å². The third-order valence-electron chi connectivity index (χ3n) is 6.27. The molecule has 0 saturated carbocycles. The summed E-state index contributed by atoms with van der Waals surface area (Å²) in [5.74, 6) is 1.12. The lowest BCUT2D eigenvalue weighted by Crippen LogP contribution is -2.31. The van der Waals surface area contributed by atoms with Crippen LogP contribution in [0.3, 0.4) is 0 Å². The molecule has 0 spiro atoms. The summed E-state index contributed by atoms with van der Waals surface area (Å²) in [6.07, 6.45) is 0. The first-order chi connectivity index (χ1) is 19.2. The van der Waals surface area contributed by atoms with Crippen molar-refractivity contribution in [3.05, 3.63) is 97.1 Å². The molecule has 206 valence electrons. The third-order valence-corrected chi connectivity index (χ3v) is 7.45. The number of rotatable bonds is 8. The molecule has 4 aromatic rings. The van der Waals surface area contributed by atoms with Crippen LogP contribution in [0.1, 0.15) is 36.6 Å². The first-order valence-electron chi connectivity index (χ1n) is 12.4. The fourth-order valence-electron chi connectivity index (χ4n) is 4.47. The molecule has 0 fully saturated rings. The molecule has 5 rings (SSSR count). The molecule has 0 saturated heterocycles. The number of benzene rings is 3. The Labute approximate surface area is 249 Å². The van der Waals surface area contributed by atoms with E-state index in [4.69, 9.17) is 32.7 Å². The van der Waals surface area contributed by atoms with E-state index >= 15 is 0 Å². The number of halogens is 3. The van der Waals surface area contributed by atoms with Gasteiger partial charge in [0.2, 0.25) is 5.95 Å². The highest BCUT2D eigenvalue weighted by atomic mass is 79.9. The summed E-state index contributed by atoms with van der Waals surface area (Å²) in [6, 6.07) is 15.9. The number of allylic oxidation sites excluding steroid dienone is 1. The van der Waals surface area contributed by atoms with Crippen molar-refractivity contribution in [3.8, 4) is 11.5 Å². The second-order valence-electron chi connectivity index (χ2n) is 9.12. The van der Waals surface area contributed by atoms with Gasteiger partial charge in [-0.3, -0.25) is 4.79 Å². The van der Waals surface area contributed by atoms with Gasteiger partial charge in [-0.05, 0) is 94.7 Å². The second kappa shape index (κ2) is 11.9. The zero-order valence-electron chi connectivity index (χ0n) is 21.8. The molecule has 40 heavy (non-hydrogen) atoms. The van der Waals surface area contributed by atoms with Crippen molar-refractivity contribution in [2.24, 2.45) is 0 Å². The number of hydrogen-bond donors (Lipinski definition) is 2. The summed E-state index contributed by atoms with van der Waals surface area (Å²) >= 11 is 16.0. The largest absolute Gasteiger partial charge is 0.490 e. The van der Waals surface area contributed by atoms with Crippen LogP contribution in [0.5, 0.6) is 11.5 Å². The molecule has 2 heterocycles. The Balaban J connectivity index is 1.53. The van der Waals surface area contributed by atoms with Crippen molar-refractivity contribution in [2.45, 2.75) is 33.4 Å². The summed E-state index contributed by atoms with van der Waals surface area (Å²) in [7, 11) is 0. The lowest BCUT2D eigenvalue weighted by Gasteiger charge is -2.28. The van der Waals surface area contributed by atoms with Crippen LogP contribution in [0, 0.1) is 6.92 Å². The van der Waals surface area contributed by atoms with Gasteiger partial charge in [0.25, 0.3) is 5.91 Å². The van der Waals surface area contributed by atoms with Crippen LogP contribution in [-0.4, -0.2) is 32.7 Å². The minimum Gasteiger partial charge on any atom is -0.490 e. The molecule has 1 aliphatic rings. The lowest BCUT2D eigenvalue weighted by molar-refractivity contribution is -0.113. The van der Waals surface area contributed by atoms with E-state index in [0.29, 0.717) is 55.5 Å². The number of carbonyl (C=O) groups excluding carboxylic acids is 1. The van der Waals surface area contributed by atoms with Gasteiger partial charge in [-0.2, -0.15) is 4.68 Å². The molecule has 2 N–H and O–H groups in total. The Morgan fingerprint density at radius 3 is 2.70 bits per heavy atom. The first kappa shape index (κ1) is 27.9. The lowest BCUT2D eigenvalue weighted by atomic mass is 9.94. The fraction of sp³-hybridized carbons (Fsp3) is 0.214. The molecule has 0 aliphatic carbocycles. The molecular weight excluding hydrogens is 619 g/mol. The van der Waals surface area contributed by atoms with Gasteiger partial charge < -0.3 is 20.1 Å². The fourth-order valence-corrected chi connectivity index (χ4v) is 5.51. The van der Waals surface area contributed by atoms with E-state index in [-0.39, 0.29) is 12.5 Å². The van der Waals surface area contributed by atoms with Gasteiger partial charge in [0.05, 0.1) is 16.7 Å². The number of ether oxygens (including phenoxy) is 2. The number of anilines is 2. The third kappa shape index (κ3) is 5.79. The minimum atomic E-state index is -0.647. The van der Waals surface area contributed by atoms with Gasteiger partial charge in [0.1, 0.15) is 12.6 Å². The molecule has 3 aromatic carbocycles. The van der Waals surface area contributed by atoms with E-state index in [1.54, 1.807) is 16.8 Å². The molecule has 1 unspecified atom stereocenters. The predicted octanol–water partition coefficient (Wildman–Crippen LogP) is 6.96. The van der Waals surface area contributed by atoms with Crippen LogP contribution < -0.4 is 20.1 Å². The Kier molecular flexibility index (Phi) is 8.30. The molecule has 0 bridgehead atoms. The maximum Gasteiger partial charge on any atom is 0.255 e. The maximum atomic E-state index is 13.7. The number of fused-ring (bicyclic) bond motifs is 1. The molecule has 1 atom stereocenters. The van der Waals surface area contributed by atoms with E-state index in [0.717, 1.165) is 16.7 Å². The molecule has 1 aromatic heterocycles. The van der Waals surface area contributed by atoms with Gasteiger partial charge >= 0.3 is 0 Å². The highest BCUT2D eigenvalue weighted by Crippen LogP contribution is 2.43. The van der Waals surface area contributed by atoms with Crippen molar-refractivity contribution in [2.75, 3.05) is 17.2 Å². The van der Waals surface area contributed by atoms with Crippen molar-refractivity contribution in [3.63, 3.8) is 0 Å². The number of carbonyl (C=O) groups is 1. The number of aryl methyl sites for hydroxylation is 1. The van der Waals surface area contributed by atoms with E-state index in [1.165, 1.54) is 0 Å². The quantitative estimate of drug-likeness (QED) is 0.214. The average molecular weight is 644 g/mol. The number of hydrogen-bond acceptors (Lipinski definition) is 7. The topological polar surface area (TPSA) is 103 Å². The minimum absolute atomic E-state index is 0.196. The van der Waals surface area contributed by atoms with Crippen LogP contribution in [-0.2, 0) is 11.4 Å². The SMILES string of the molecule is CCOc1cc(C2C(C(=O)Nc3cccc(C)c3)=C(C)Nc3nnnn32)cc(Br)c1OCc1ccc(Cl)cc1Cl. The first-order valence-corrected chi connectivity index (χ1v) is 14.0. The van der Waals surface area contributed by atoms with Gasteiger partial charge in [-0.25, -0.2) is 0 Å². The van der Waals surface area contributed by atoms with Gasteiger partial charge in [0.15, 0.2) is 11.5 Å². The van der Waals surface area contributed by atoms with Crippen LogP contribution in [0.15, 0.2) is 70.3 Å². The summed E-state index contributed by atoms with van der Waals surface area (Å²) in [6.45, 7) is 6.26. The number of amides is 1. The predicted molar refractivity (Wildman–Crippen MR) is 158 cm³/mol. The van der Waals surface area contributed by atoms with Crippen molar-refractivity contribution >= 4 is 56.7 Å². The molecular formula is C28H25BrCl2N6O3. The van der Waals surface area contributed by atoms with Crippen molar-refractivity contribution in [1.29, 1.82) is 0 Å². The van der Waals surface area contributed by atoms with Crippen molar-refractivity contribution in [1.82, 2.24) is 20.2 Å². The highest BCUT2D eigenvalue weighted by Gasteiger charge is 2.35. The Bertz CT molecular complexity index is 1620. The molecule has 12 heteroatoms. The number of tetrazole rings is 1. The monoisotopic (exact) mass is 642 g/mol. The Morgan fingerprint density at radius 2 is 1.95 bits per heavy atom. The van der Waals surface area contributed by atoms with Gasteiger partial charge in [-0.1, -0.05) is 46.5 Å². The molecule has 1 aliphatic heterocycles. The summed E-state index contributed by atoms with van der Waals surface area (Å²) in [5.41, 5.74) is 4.30. The van der Waals surface area contributed by atoms with Crippen LogP contribution in [0.25, 0.3) is 0 Å². The van der Waals surface area contributed by atoms with E-state index in [2.05, 4.69) is 42.1 Å². The molecule has 1 amide bonds. The normalized spacial score (nSPS) is 14.4. The zero-order valence-corrected chi connectivity index (χ0v) is 24.9. The maximum absolute atomic E-state index is 13.7. The number of nitrogens with zero attached hydrogens (tertiary/aromatic N) is 4. The number of nitrogens with one attached hydrogen (secondary N) is 2. The summed E-state index contributed by atoms with van der Waals surface area (Å²) in [4.78, 5) is 13.7. The smallest absolute Gasteiger partial charge is 0.255 e. The average Bonchev–Trinajstić information content (AvgIpc) is 3.36. The summed E-state index contributed by atoms with van der Waals surface area (Å²) in [5, 5.41) is 19.3. The summed E-state index contributed by atoms with van der Waals surface area (Å²) < 4.78 is 14.3. The molecule has 9 nitrogen and oxygen atoms in total. The highest BCUT2D eigenvalue weighted by molar-refractivity contribution is 9.10. The van der Waals surface area contributed by atoms with Crippen LogP contribution >= 0.6 is 39.1 Å². The second-order valence-corrected chi connectivity index (χ2v) is 10.8. The standard InChI is InChI=1S/C28H25BrCl2N6O3/c1-4-39-23-12-18(11-21(29)26(23)40-14-17-8-9-19(30)13-22(17)31)25-24(16(3)32-28-34-35-36-37(25)28)27(38)33-20-7-5-6-15(2)10-20/h5-13,25H,4,14H2,1-3H3,(H,33,38)(H,32,34,36). The van der Waals surface area contributed by atoms with E-state index in [9.17, 15) is 4.79 Å². The number of aromatic nitrogens is 4. The van der Waals surface area contributed by atoms with Gasteiger partial charge in [0, 0.05) is 27.0 Å². The van der Waals surface area contributed by atoms with Crippen LogP contribution in [0.2, 0.25) is 10.0 Å². The van der Waals surface area contributed by atoms with Crippen LogP contribution in [0.4, 0.5) is 11.6 Å². The Morgan fingerprint density at radius 1 is 1.12 bits per heavy atom. The van der Waals surface area contributed by atoms with Gasteiger partial charge in [-0.15, -0.1) is 0 Å². The van der Waals surface area contributed by atoms with E-state index < -0.39 is 6.04 Å².